The SMILES string of the molecule is [CH]CC([CH])SOO[O-].[Na+]. The first-order valence-corrected chi connectivity index (χ1v) is 2.69. The molecular weight excluding hydrogens is 151 g/mol. The molecule has 0 aromatic heterocycles. The van der Waals surface area contributed by atoms with Crippen LogP contribution < -0.4 is 34.8 Å². The fraction of sp³-hybridized carbons (Fsp3) is 0.500. The molecule has 4 radical (unpaired) electrons. The molecule has 0 aliphatic heterocycles. The third kappa shape index (κ3) is 9.23. The monoisotopic (exact) mass is 156 g/mol. The maximum absolute atomic E-state index is 9.11. The average Bonchev–Trinajstić information content (AvgIpc) is 1.83. The molecule has 1 unspecified atom stereocenters. The Hall–Kier alpha value is 1.23. The number of rotatable bonds is 4. The minimum Gasteiger partial charge on any atom is -0.691 e. The summed E-state index contributed by atoms with van der Waals surface area (Å²) in [6.45, 7) is 10.2. The molecular formula is C4H5NaO3S. The van der Waals surface area contributed by atoms with E-state index < -0.39 is 5.25 Å². The Morgan fingerprint density at radius 3 is 2.56 bits per heavy atom. The molecule has 0 aromatic carbocycles. The van der Waals surface area contributed by atoms with Crippen LogP contribution in [0.3, 0.4) is 0 Å². The second kappa shape index (κ2) is 9.23. The Balaban J connectivity index is 0. The van der Waals surface area contributed by atoms with E-state index in [0.717, 1.165) is 0 Å². The molecule has 0 saturated carbocycles. The van der Waals surface area contributed by atoms with Crippen LogP contribution in [0.4, 0.5) is 0 Å². The van der Waals surface area contributed by atoms with Crippen molar-refractivity contribution in [3.05, 3.63) is 13.8 Å². The van der Waals surface area contributed by atoms with Crippen LogP contribution >= 0.6 is 12.0 Å². The largest absolute Gasteiger partial charge is 1.00 e. The second-order valence-corrected chi connectivity index (χ2v) is 1.94. The zero-order valence-electron chi connectivity index (χ0n) is 5.07. The van der Waals surface area contributed by atoms with Gasteiger partial charge in [0.05, 0.1) is 0 Å². The van der Waals surface area contributed by atoms with E-state index in [2.05, 4.69) is 9.37 Å². The smallest absolute Gasteiger partial charge is 0.691 e. The molecule has 46 valence electrons. The quantitative estimate of drug-likeness (QED) is 0.189. The summed E-state index contributed by atoms with van der Waals surface area (Å²) < 4.78 is 3.84. The van der Waals surface area contributed by atoms with Crippen LogP contribution in [-0.2, 0) is 9.37 Å². The molecule has 0 spiro atoms. The van der Waals surface area contributed by atoms with Crippen LogP contribution in [0.25, 0.3) is 0 Å². The molecule has 0 fully saturated rings. The van der Waals surface area contributed by atoms with Crippen LogP contribution in [0.1, 0.15) is 6.42 Å². The van der Waals surface area contributed by atoms with Gasteiger partial charge in [0.15, 0.2) is 0 Å². The fourth-order valence-electron chi connectivity index (χ4n) is 0.106. The summed E-state index contributed by atoms with van der Waals surface area (Å²) in [5, 5.41) is 11.7. The summed E-state index contributed by atoms with van der Waals surface area (Å²) in [6.07, 6.45) is 0.244. The van der Waals surface area contributed by atoms with Crippen molar-refractivity contribution in [1.82, 2.24) is 0 Å². The first-order valence-electron chi connectivity index (χ1n) is 1.89. The standard InChI is InChI=1S/C4H6O3S.Na/c1-3-4(2)8-7-6-5;/h1-2,4-5H,3H2;/q;+1/p-1. The van der Waals surface area contributed by atoms with Crippen LogP contribution in [-0.4, -0.2) is 5.25 Å². The Labute approximate surface area is 81.5 Å². The minimum atomic E-state index is -0.399. The van der Waals surface area contributed by atoms with E-state index in [1.807, 2.05) is 0 Å². The van der Waals surface area contributed by atoms with Crippen molar-refractivity contribution < 1.29 is 44.2 Å². The van der Waals surface area contributed by atoms with Crippen molar-refractivity contribution in [3.63, 3.8) is 0 Å². The van der Waals surface area contributed by atoms with Gasteiger partial charge in [0, 0.05) is 17.3 Å². The number of hydrogen-bond donors (Lipinski definition) is 0. The van der Waals surface area contributed by atoms with Gasteiger partial charge in [-0.25, -0.2) is 0 Å². The maximum atomic E-state index is 9.11. The van der Waals surface area contributed by atoms with Gasteiger partial charge in [-0.05, 0) is 20.3 Å². The van der Waals surface area contributed by atoms with Gasteiger partial charge in [0.25, 0.3) is 0 Å². The normalized spacial score (nSPS) is 12.3. The molecule has 9 heavy (non-hydrogen) atoms. The molecule has 3 nitrogen and oxygen atoms in total. The third-order valence-corrected chi connectivity index (χ3v) is 0.997. The second-order valence-electron chi connectivity index (χ2n) is 1.01. The Morgan fingerprint density at radius 1 is 1.67 bits per heavy atom. The summed E-state index contributed by atoms with van der Waals surface area (Å²) >= 11 is 0.694. The van der Waals surface area contributed by atoms with Gasteiger partial charge >= 0.3 is 29.6 Å². The van der Waals surface area contributed by atoms with E-state index in [1.54, 1.807) is 0 Å². The zero-order chi connectivity index (χ0) is 6.41. The third-order valence-electron chi connectivity index (χ3n) is 0.423. The molecule has 5 heteroatoms. The summed E-state index contributed by atoms with van der Waals surface area (Å²) in [7, 11) is 0. The van der Waals surface area contributed by atoms with Gasteiger partial charge in [-0.3, -0.25) is 5.04 Å². The average molecular weight is 156 g/mol. The summed E-state index contributed by atoms with van der Waals surface area (Å²) in [4.78, 5) is 0. The molecule has 0 bridgehead atoms. The van der Waals surface area contributed by atoms with Crippen molar-refractivity contribution in [2.75, 3.05) is 0 Å². The Morgan fingerprint density at radius 2 is 2.22 bits per heavy atom. The van der Waals surface area contributed by atoms with Crippen LogP contribution in [0, 0.1) is 13.8 Å². The Bertz CT molecular complexity index is 55.1. The molecule has 0 amide bonds. The van der Waals surface area contributed by atoms with Crippen molar-refractivity contribution in [1.29, 1.82) is 0 Å². The van der Waals surface area contributed by atoms with Crippen molar-refractivity contribution >= 4 is 12.0 Å². The first kappa shape index (κ1) is 12.9. The predicted molar refractivity (Wildman–Crippen MR) is 26.8 cm³/mol. The molecule has 1 atom stereocenters. The van der Waals surface area contributed by atoms with Gasteiger partial charge in [0.2, 0.25) is 0 Å². The predicted octanol–water partition coefficient (Wildman–Crippen LogP) is -2.96. The van der Waals surface area contributed by atoms with Crippen LogP contribution in [0.2, 0.25) is 0 Å². The van der Waals surface area contributed by atoms with Crippen LogP contribution in [0.5, 0.6) is 0 Å². The Kier molecular flexibility index (Phi) is 13.2. The molecule has 0 heterocycles. The maximum Gasteiger partial charge on any atom is 1.00 e. The summed E-state index contributed by atoms with van der Waals surface area (Å²) in [5.74, 6) is 0. The van der Waals surface area contributed by atoms with E-state index in [0.29, 0.717) is 12.0 Å². The van der Waals surface area contributed by atoms with Gasteiger partial charge in [-0.2, -0.15) is 4.33 Å². The molecule has 0 N–H and O–H groups in total. The van der Waals surface area contributed by atoms with E-state index in [1.165, 1.54) is 0 Å². The zero-order valence-corrected chi connectivity index (χ0v) is 7.89. The van der Waals surface area contributed by atoms with E-state index in [9.17, 15) is 0 Å². The van der Waals surface area contributed by atoms with E-state index in [4.69, 9.17) is 19.1 Å². The fourth-order valence-corrected chi connectivity index (χ4v) is 0.317. The van der Waals surface area contributed by atoms with Crippen molar-refractivity contribution in [2.45, 2.75) is 11.7 Å². The van der Waals surface area contributed by atoms with Gasteiger partial charge in [-0.1, -0.05) is 0 Å². The molecule has 0 aromatic rings. The van der Waals surface area contributed by atoms with Crippen molar-refractivity contribution in [2.24, 2.45) is 0 Å². The van der Waals surface area contributed by atoms with E-state index >= 15 is 0 Å². The molecule has 0 saturated heterocycles. The summed E-state index contributed by atoms with van der Waals surface area (Å²) in [6, 6.07) is 0. The first-order chi connectivity index (χ1) is 3.81. The minimum absolute atomic E-state index is 0. The molecule has 0 aliphatic rings. The van der Waals surface area contributed by atoms with Gasteiger partial charge in [-0.15, -0.1) is 0 Å². The molecule has 0 rings (SSSR count). The summed E-state index contributed by atoms with van der Waals surface area (Å²) in [5.41, 5.74) is 0. The van der Waals surface area contributed by atoms with Crippen molar-refractivity contribution in [3.8, 4) is 0 Å². The van der Waals surface area contributed by atoms with Crippen LogP contribution in [0.15, 0.2) is 0 Å². The van der Waals surface area contributed by atoms with Gasteiger partial charge < -0.3 is 5.26 Å². The van der Waals surface area contributed by atoms with Gasteiger partial charge in [0.1, 0.15) is 0 Å². The molecule has 0 aliphatic carbocycles. The topological polar surface area (TPSA) is 41.5 Å². The van der Waals surface area contributed by atoms with E-state index in [-0.39, 0.29) is 36.0 Å². The number of hydrogen-bond acceptors (Lipinski definition) is 4.